The van der Waals surface area contributed by atoms with Gasteiger partial charge in [0.25, 0.3) is 5.91 Å². The van der Waals surface area contributed by atoms with Gasteiger partial charge in [0.15, 0.2) is 0 Å². The molecule has 0 aliphatic rings. The van der Waals surface area contributed by atoms with E-state index in [-0.39, 0.29) is 5.91 Å². The van der Waals surface area contributed by atoms with Crippen molar-refractivity contribution in [2.75, 3.05) is 33.7 Å². The zero-order valence-electron chi connectivity index (χ0n) is 12.6. The molecule has 0 bridgehead atoms. The van der Waals surface area contributed by atoms with Crippen LogP contribution in [0.15, 0.2) is 27.6 Å². The summed E-state index contributed by atoms with van der Waals surface area (Å²) in [5.41, 5.74) is 0.663. The van der Waals surface area contributed by atoms with Gasteiger partial charge in [0.05, 0.1) is 5.56 Å². The first-order chi connectivity index (χ1) is 9.31. The maximum atomic E-state index is 12.7. The molecular formula is C15H23BrN2OS. The zero-order valence-corrected chi connectivity index (χ0v) is 15.0. The lowest BCUT2D eigenvalue weighted by Crippen LogP contribution is -2.39. The first kappa shape index (κ1) is 17.5. The van der Waals surface area contributed by atoms with E-state index in [2.05, 4.69) is 47.3 Å². The smallest absolute Gasteiger partial charge is 0.255 e. The van der Waals surface area contributed by atoms with Crippen LogP contribution in [0.5, 0.6) is 0 Å². The predicted octanol–water partition coefficient (Wildman–Crippen LogP) is 3.40. The summed E-state index contributed by atoms with van der Waals surface area (Å²) >= 11 is 7.81. The van der Waals surface area contributed by atoms with Crippen LogP contribution in [0.2, 0.25) is 0 Å². The van der Waals surface area contributed by atoms with Crippen LogP contribution in [0.25, 0.3) is 0 Å². The SMILES string of the molecule is CC(C)CN(CCN(C)C)C(=O)c1ccc(Br)cc1S. The summed E-state index contributed by atoms with van der Waals surface area (Å²) in [5, 5.41) is 0. The molecular weight excluding hydrogens is 336 g/mol. The van der Waals surface area contributed by atoms with Gasteiger partial charge in [-0.15, -0.1) is 12.6 Å². The van der Waals surface area contributed by atoms with E-state index in [1.165, 1.54) is 0 Å². The van der Waals surface area contributed by atoms with E-state index in [9.17, 15) is 4.79 Å². The van der Waals surface area contributed by atoms with E-state index in [0.717, 1.165) is 24.1 Å². The highest BCUT2D eigenvalue weighted by molar-refractivity contribution is 9.10. The number of amides is 1. The third-order valence-electron chi connectivity index (χ3n) is 2.88. The number of halogens is 1. The average molecular weight is 359 g/mol. The standard InChI is InChI=1S/C15H23BrN2OS/c1-11(2)10-18(8-7-17(3)4)15(19)13-6-5-12(16)9-14(13)20/h5-6,9,11,20H,7-8,10H2,1-4H3. The fourth-order valence-electron chi connectivity index (χ4n) is 1.89. The zero-order chi connectivity index (χ0) is 15.3. The molecule has 1 rings (SSSR count). The highest BCUT2D eigenvalue weighted by Gasteiger charge is 2.19. The highest BCUT2D eigenvalue weighted by atomic mass is 79.9. The monoisotopic (exact) mass is 358 g/mol. The predicted molar refractivity (Wildman–Crippen MR) is 90.7 cm³/mol. The number of hydrogen-bond acceptors (Lipinski definition) is 3. The summed E-state index contributed by atoms with van der Waals surface area (Å²) < 4.78 is 0.933. The maximum absolute atomic E-state index is 12.7. The molecule has 0 saturated carbocycles. The number of rotatable bonds is 6. The van der Waals surface area contributed by atoms with Gasteiger partial charge >= 0.3 is 0 Å². The van der Waals surface area contributed by atoms with Crippen molar-refractivity contribution >= 4 is 34.5 Å². The maximum Gasteiger partial charge on any atom is 0.255 e. The van der Waals surface area contributed by atoms with Crippen LogP contribution in [0.1, 0.15) is 24.2 Å². The molecule has 0 heterocycles. The van der Waals surface area contributed by atoms with Crippen molar-refractivity contribution in [2.45, 2.75) is 18.7 Å². The Labute approximate surface area is 135 Å². The molecule has 0 aromatic heterocycles. The molecule has 0 unspecified atom stereocenters. The Morgan fingerprint density at radius 1 is 1.30 bits per heavy atom. The summed E-state index contributed by atoms with van der Waals surface area (Å²) in [5.74, 6) is 0.498. The van der Waals surface area contributed by atoms with Crippen molar-refractivity contribution in [3.63, 3.8) is 0 Å². The first-order valence-electron chi connectivity index (χ1n) is 6.73. The van der Waals surface area contributed by atoms with Gasteiger partial charge in [-0.1, -0.05) is 29.8 Å². The van der Waals surface area contributed by atoms with Gasteiger partial charge in [-0.2, -0.15) is 0 Å². The Hall–Kier alpha value is -0.520. The molecule has 0 radical (unpaired) electrons. The Morgan fingerprint density at radius 2 is 1.95 bits per heavy atom. The van der Waals surface area contributed by atoms with E-state index in [4.69, 9.17) is 0 Å². The lowest BCUT2D eigenvalue weighted by Gasteiger charge is -2.26. The molecule has 3 nitrogen and oxygen atoms in total. The molecule has 0 saturated heterocycles. The number of nitrogens with zero attached hydrogens (tertiary/aromatic N) is 2. The summed E-state index contributed by atoms with van der Waals surface area (Å²) in [6, 6.07) is 5.57. The molecule has 0 spiro atoms. The molecule has 112 valence electrons. The summed E-state index contributed by atoms with van der Waals surface area (Å²) in [6.45, 7) is 6.60. The third-order valence-corrected chi connectivity index (χ3v) is 3.74. The Kier molecular flexibility index (Phi) is 7.06. The van der Waals surface area contributed by atoms with Crippen molar-refractivity contribution in [3.8, 4) is 0 Å². The summed E-state index contributed by atoms with van der Waals surface area (Å²) in [7, 11) is 4.03. The Bertz CT molecular complexity index is 463. The summed E-state index contributed by atoms with van der Waals surface area (Å²) in [6.07, 6.45) is 0. The van der Waals surface area contributed by atoms with Gasteiger partial charge in [-0.3, -0.25) is 4.79 Å². The third kappa shape index (κ3) is 5.46. The lowest BCUT2D eigenvalue weighted by atomic mass is 10.1. The topological polar surface area (TPSA) is 23.6 Å². The second-order valence-electron chi connectivity index (χ2n) is 5.61. The van der Waals surface area contributed by atoms with Crippen molar-refractivity contribution < 1.29 is 4.79 Å². The number of carbonyl (C=O) groups is 1. The van der Waals surface area contributed by atoms with Crippen LogP contribution in [0.3, 0.4) is 0 Å². The fraction of sp³-hybridized carbons (Fsp3) is 0.533. The Morgan fingerprint density at radius 3 is 2.45 bits per heavy atom. The van der Waals surface area contributed by atoms with Crippen molar-refractivity contribution in [1.29, 1.82) is 0 Å². The molecule has 0 atom stereocenters. The van der Waals surface area contributed by atoms with E-state index >= 15 is 0 Å². The summed E-state index contributed by atoms with van der Waals surface area (Å²) in [4.78, 5) is 17.4. The van der Waals surface area contributed by atoms with Crippen LogP contribution < -0.4 is 0 Å². The largest absolute Gasteiger partial charge is 0.337 e. The average Bonchev–Trinajstić information content (AvgIpc) is 2.33. The molecule has 20 heavy (non-hydrogen) atoms. The highest BCUT2D eigenvalue weighted by Crippen LogP contribution is 2.21. The number of carbonyl (C=O) groups excluding carboxylic acids is 1. The minimum Gasteiger partial charge on any atom is -0.337 e. The number of likely N-dealkylation sites (N-methyl/N-ethyl adjacent to an activating group) is 1. The van der Waals surface area contributed by atoms with Crippen molar-refractivity contribution in [3.05, 3.63) is 28.2 Å². The number of benzene rings is 1. The van der Waals surface area contributed by atoms with Gasteiger partial charge in [0.2, 0.25) is 0 Å². The van der Waals surface area contributed by atoms with Crippen LogP contribution >= 0.6 is 28.6 Å². The minimum absolute atomic E-state index is 0.0538. The first-order valence-corrected chi connectivity index (χ1v) is 7.97. The molecule has 0 aliphatic carbocycles. The minimum atomic E-state index is 0.0538. The normalized spacial score (nSPS) is 11.2. The fourth-order valence-corrected chi connectivity index (χ4v) is 2.74. The van der Waals surface area contributed by atoms with Gasteiger partial charge in [0, 0.05) is 29.0 Å². The molecule has 1 aromatic rings. The molecule has 0 aliphatic heterocycles. The second-order valence-corrected chi connectivity index (χ2v) is 7.01. The van der Waals surface area contributed by atoms with Gasteiger partial charge < -0.3 is 9.80 Å². The van der Waals surface area contributed by atoms with E-state index in [1.807, 2.05) is 37.2 Å². The Balaban J connectivity index is 2.90. The lowest BCUT2D eigenvalue weighted by molar-refractivity contribution is 0.0721. The molecule has 0 fully saturated rings. The van der Waals surface area contributed by atoms with Gasteiger partial charge in [-0.05, 0) is 38.2 Å². The van der Waals surface area contributed by atoms with Crippen LogP contribution in [-0.2, 0) is 0 Å². The van der Waals surface area contributed by atoms with E-state index in [0.29, 0.717) is 16.4 Å². The molecule has 1 amide bonds. The van der Waals surface area contributed by atoms with E-state index in [1.54, 1.807) is 0 Å². The van der Waals surface area contributed by atoms with Crippen molar-refractivity contribution in [1.82, 2.24) is 9.80 Å². The number of thiol groups is 1. The van der Waals surface area contributed by atoms with Crippen LogP contribution in [-0.4, -0.2) is 49.4 Å². The molecule has 1 aromatic carbocycles. The van der Waals surface area contributed by atoms with E-state index < -0.39 is 0 Å². The second kappa shape index (κ2) is 8.05. The molecule has 5 heteroatoms. The molecule has 0 N–H and O–H groups in total. The van der Waals surface area contributed by atoms with Gasteiger partial charge in [-0.25, -0.2) is 0 Å². The van der Waals surface area contributed by atoms with Crippen molar-refractivity contribution in [2.24, 2.45) is 5.92 Å². The quantitative estimate of drug-likeness (QED) is 0.787. The van der Waals surface area contributed by atoms with Crippen LogP contribution in [0.4, 0.5) is 0 Å². The van der Waals surface area contributed by atoms with Crippen LogP contribution in [0, 0.1) is 5.92 Å². The number of hydrogen-bond donors (Lipinski definition) is 1. The van der Waals surface area contributed by atoms with Gasteiger partial charge in [0.1, 0.15) is 0 Å².